The summed E-state index contributed by atoms with van der Waals surface area (Å²) in [5.74, 6) is -1.16. The molecule has 244 valence electrons. The van der Waals surface area contributed by atoms with Gasteiger partial charge >= 0.3 is 13.8 Å². The summed E-state index contributed by atoms with van der Waals surface area (Å²) in [4.78, 5) is 25.3. The van der Waals surface area contributed by atoms with E-state index in [1.807, 2.05) is 0 Å². The maximum Gasteiger partial charge on any atom is 0.421 e. The first-order valence-electron chi connectivity index (χ1n) is 14.2. The number of hydrogen-bond acceptors (Lipinski definition) is 11. The Kier molecular flexibility index (Phi) is 9.60. The zero-order chi connectivity index (χ0) is 33.1. The lowest BCUT2D eigenvalue weighted by molar-refractivity contribution is -0.137. The average Bonchev–Trinajstić information content (AvgIpc) is 3.49. The zero-order valence-corrected chi connectivity index (χ0v) is 26.3. The summed E-state index contributed by atoms with van der Waals surface area (Å²) in [6, 6.07) is 7.86. The Morgan fingerprint density at radius 1 is 1.17 bits per heavy atom. The predicted molar refractivity (Wildman–Crippen MR) is 164 cm³/mol. The van der Waals surface area contributed by atoms with Crippen LogP contribution in [-0.2, 0) is 32.5 Å². The van der Waals surface area contributed by atoms with Gasteiger partial charge in [0.15, 0.2) is 5.69 Å². The largest absolute Gasteiger partial charge is 0.495 e. The quantitative estimate of drug-likeness (QED) is 0.216. The molecule has 1 aromatic carbocycles. The van der Waals surface area contributed by atoms with Crippen molar-refractivity contribution in [3.8, 4) is 17.0 Å². The molecule has 3 N–H and O–H groups in total. The molecule has 17 heteroatoms. The first kappa shape index (κ1) is 32.9. The Morgan fingerprint density at radius 3 is 2.67 bits per heavy atom. The molecule has 46 heavy (non-hydrogen) atoms. The van der Waals surface area contributed by atoms with Crippen LogP contribution in [0.25, 0.3) is 11.3 Å². The molecule has 8 bridgehead atoms. The van der Waals surface area contributed by atoms with Crippen molar-refractivity contribution in [3.05, 3.63) is 65.7 Å². The van der Waals surface area contributed by atoms with Crippen LogP contribution in [0.15, 0.2) is 48.9 Å². The minimum absolute atomic E-state index is 0.0144. The van der Waals surface area contributed by atoms with Gasteiger partial charge in [0.2, 0.25) is 5.95 Å². The van der Waals surface area contributed by atoms with Crippen LogP contribution in [0.1, 0.15) is 41.9 Å². The number of nitrogens with one attached hydrogen (secondary N) is 3. The fourth-order valence-electron chi connectivity index (χ4n) is 4.74. The second-order valence-electron chi connectivity index (χ2n) is 10.3. The Balaban J connectivity index is 1.64. The van der Waals surface area contributed by atoms with E-state index in [4.69, 9.17) is 13.8 Å². The molecule has 4 aromatic rings. The van der Waals surface area contributed by atoms with Crippen molar-refractivity contribution >= 4 is 36.6 Å². The van der Waals surface area contributed by atoms with Gasteiger partial charge in [0.05, 0.1) is 49.2 Å². The van der Waals surface area contributed by atoms with E-state index in [9.17, 15) is 22.5 Å². The highest BCUT2D eigenvalue weighted by molar-refractivity contribution is 7.53. The standard InChI is InChI=1S/C29H32F3N8O5P/c1-5-44-46(42)16-18-6-7-22(24(12-18)43-4)38-28-34-14-20(29(30,31)32)26(39-28)37-23-9-8-21(36-25(23)27(41)33-3)19-13-35-40(15-19)11-10-17(2)45-46/h6-9,12-15,17H,5,10-11,16H2,1-4H3,(H,33,41)(H2,34,37,38,39)/t17-,46-/m1/s1. The van der Waals surface area contributed by atoms with Gasteiger partial charge in [-0.1, -0.05) is 6.07 Å². The lowest BCUT2D eigenvalue weighted by Crippen LogP contribution is -2.21. The molecule has 0 spiro atoms. The highest BCUT2D eigenvalue weighted by Crippen LogP contribution is 2.53. The van der Waals surface area contributed by atoms with Crippen LogP contribution in [0.2, 0.25) is 0 Å². The van der Waals surface area contributed by atoms with Gasteiger partial charge in [-0.3, -0.25) is 14.0 Å². The van der Waals surface area contributed by atoms with Crippen LogP contribution in [-0.4, -0.2) is 57.5 Å². The number of carbonyl (C=O) groups is 1. The maximum absolute atomic E-state index is 14.1. The topological polar surface area (TPSA) is 154 Å². The third-order valence-corrected chi connectivity index (χ3v) is 9.02. The average molecular weight is 661 g/mol. The van der Waals surface area contributed by atoms with E-state index in [-0.39, 0.29) is 35.8 Å². The third-order valence-electron chi connectivity index (χ3n) is 6.93. The minimum Gasteiger partial charge on any atom is -0.495 e. The number of aromatic nitrogens is 5. The van der Waals surface area contributed by atoms with E-state index in [1.165, 1.54) is 20.2 Å². The van der Waals surface area contributed by atoms with Crippen LogP contribution in [0.4, 0.5) is 36.3 Å². The van der Waals surface area contributed by atoms with E-state index < -0.39 is 37.2 Å². The van der Waals surface area contributed by atoms with Gasteiger partial charge in [-0.05, 0) is 50.1 Å². The number of alkyl halides is 3. The Hall–Kier alpha value is -4.53. The molecule has 0 radical (unpaired) electrons. The van der Waals surface area contributed by atoms with Crippen LogP contribution >= 0.6 is 7.60 Å². The number of aryl methyl sites for hydroxylation is 1. The van der Waals surface area contributed by atoms with Gasteiger partial charge in [0, 0.05) is 31.5 Å². The van der Waals surface area contributed by atoms with Gasteiger partial charge in [-0.2, -0.15) is 23.3 Å². The number of rotatable bonds is 4. The number of nitrogens with zero attached hydrogens (tertiary/aromatic N) is 5. The molecule has 4 aliphatic heterocycles. The number of halogens is 3. The summed E-state index contributed by atoms with van der Waals surface area (Å²) < 4.78 is 74.7. The molecule has 0 aliphatic carbocycles. The first-order valence-corrected chi connectivity index (χ1v) is 16.0. The molecule has 13 nitrogen and oxygen atoms in total. The lowest BCUT2D eigenvalue weighted by Gasteiger charge is -2.23. The number of anilines is 4. The van der Waals surface area contributed by atoms with E-state index in [0.717, 1.165) is 0 Å². The second kappa shape index (κ2) is 13.4. The van der Waals surface area contributed by atoms with Crippen LogP contribution in [0.3, 0.4) is 0 Å². The monoisotopic (exact) mass is 660 g/mol. The summed E-state index contributed by atoms with van der Waals surface area (Å²) in [6.07, 6.45) is -0.993. The minimum atomic E-state index is -4.83. The third kappa shape index (κ3) is 7.46. The van der Waals surface area contributed by atoms with Crippen LogP contribution in [0, 0.1) is 0 Å². The Labute approximate surface area is 262 Å². The van der Waals surface area contributed by atoms with Gasteiger partial charge in [0.1, 0.15) is 17.1 Å². The Morgan fingerprint density at radius 2 is 1.96 bits per heavy atom. The Bertz CT molecular complexity index is 1780. The molecule has 3 aromatic heterocycles. The van der Waals surface area contributed by atoms with Crippen LogP contribution in [0.5, 0.6) is 5.75 Å². The number of methoxy groups -OCH3 is 1. The molecule has 0 fully saturated rings. The van der Waals surface area contributed by atoms with E-state index >= 15 is 0 Å². The lowest BCUT2D eigenvalue weighted by atomic mass is 10.1. The second-order valence-corrected chi connectivity index (χ2v) is 12.3. The highest BCUT2D eigenvalue weighted by atomic mass is 31.2. The molecule has 1 amide bonds. The summed E-state index contributed by atoms with van der Waals surface area (Å²) in [6.45, 7) is 4.08. The summed E-state index contributed by atoms with van der Waals surface area (Å²) in [5.41, 5.74) is 0.492. The molecule has 7 heterocycles. The number of amides is 1. The van der Waals surface area contributed by atoms with Gasteiger partial charge in [-0.15, -0.1) is 0 Å². The fourth-order valence-corrected chi connectivity index (χ4v) is 6.65. The van der Waals surface area contributed by atoms with Crippen LogP contribution < -0.4 is 20.7 Å². The van der Waals surface area contributed by atoms with Crippen molar-refractivity contribution < 1.29 is 36.3 Å². The van der Waals surface area contributed by atoms with Crippen molar-refractivity contribution in [1.29, 1.82) is 0 Å². The van der Waals surface area contributed by atoms with Crippen molar-refractivity contribution in [2.75, 3.05) is 31.4 Å². The zero-order valence-electron chi connectivity index (χ0n) is 25.4. The van der Waals surface area contributed by atoms with Gasteiger partial charge in [0.25, 0.3) is 5.91 Å². The maximum atomic E-state index is 14.1. The van der Waals surface area contributed by atoms with Crippen molar-refractivity contribution in [3.63, 3.8) is 0 Å². The first-order chi connectivity index (χ1) is 21.9. The smallest absolute Gasteiger partial charge is 0.421 e. The van der Waals surface area contributed by atoms with E-state index in [0.29, 0.717) is 41.7 Å². The van der Waals surface area contributed by atoms with E-state index in [2.05, 4.69) is 36.0 Å². The molecule has 0 saturated heterocycles. The number of carbonyl (C=O) groups excluding carboxylic acids is 1. The molecule has 0 unspecified atom stereocenters. The molecular weight excluding hydrogens is 628 g/mol. The predicted octanol–water partition coefficient (Wildman–Crippen LogP) is 6.15. The molecule has 0 saturated carbocycles. The van der Waals surface area contributed by atoms with Crippen molar-refractivity contribution in [1.82, 2.24) is 30.0 Å². The van der Waals surface area contributed by atoms with Crippen molar-refractivity contribution in [2.24, 2.45) is 0 Å². The molecule has 4 aliphatic rings. The normalized spacial score (nSPS) is 18.5. The number of hydrogen-bond donors (Lipinski definition) is 3. The summed E-state index contributed by atoms with van der Waals surface area (Å²) in [5, 5.41) is 12.3. The number of ether oxygens (including phenoxy) is 1. The summed E-state index contributed by atoms with van der Waals surface area (Å²) in [7, 11) is -0.813. The number of pyridine rings is 1. The SMILES string of the molecule is CCO[P@]1(=O)Cc2ccc(c(OC)c2)Nc2ncc(C(F)(F)F)c(n2)Nc2ccc(nc2C(=O)NC)-c2cnn(c2)CC[C@@H](C)O1. The van der Waals surface area contributed by atoms with Gasteiger partial charge < -0.3 is 29.7 Å². The molecule has 2 atom stereocenters. The summed E-state index contributed by atoms with van der Waals surface area (Å²) >= 11 is 0. The fraction of sp³-hybridized carbons (Fsp3) is 0.345. The molecular formula is C29H32F3N8O5P. The molecule has 8 rings (SSSR count). The highest BCUT2D eigenvalue weighted by Gasteiger charge is 2.36. The van der Waals surface area contributed by atoms with E-state index in [1.54, 1.807) is 55.2 Å². The van der Waals surface area contributed by atoms with Gasteiger partial charge in [-0.25, -0.2) is 9.97 Å². The number of benzene rings is 1. The van der Waals surface area contributed by atoms with Crippen molar-refractivity contribution in [2.45, 2.75) is 45.3 Å².